The van der Waals surface area contributed by atoms with Gasteiger partial charge in [-0.25, -0.2) is 4.39 Å². The van der Waals surface area contributed by atoms with Gasteiger partial charge in [-0.2, -0.15) is 0 Å². The van der Waals surface area contributed by atoms with E-state index in [9.17, 15) is 14.0 Å². The number of hydrogen-bond acceptors (Lipinski definition) is 4. The van der Waals surface area contributed by atoms with Crippen molar-refractivity contribution in [2.75, 3.05) is 26.2 Å². The topological polar surface area (TPSA) is 49.9 Å². The van der Waals surface area contributed by atoms with E-state index in [2.05, 4.69) is 6.58 Å². The molecule has 166 valence electrons. The molecule has 1 aromatic carbocycles. The molecule has 0 saturated carbocycles. The lowest BCUT2D eigenvalue weighted by molar-refractivity contribution is -0.142. The van der Waals surface area contributed by atoms with Crippen molar-refractivity contribution in [2.45, 2.75) is 32.7 Å². The predicted octanol–water partition coefficient (Wildman–Crippen LogP) is 4.45. The second-order valence-corrected chi connectivity index (χ2v) is 9.08. The average molecular weight is 445 g/mol. The number of ether oxygens (including phenoxy) is 1. The van der Waals surface area contributed by atoms with Crippen LogP contribution in [-0.2, 0) is 16.0 Å². The number of carbonyl (C=O) groups excluding carboxylic acids is 2. The van der Waals surface area contributed by atoms with Crippen LogP contribution < -0.4 is 4.74 Å². The number of halogens is 1. The van der Waals surface area contributed by atoms with Crippen LogP contribution in [-0.4, -0.2) is 47.9 Å². The van der Waals surface area contributed by atoms with Crippen molar-refractivity contribution >= 4 is 23.2 Å². The zero-order valence-corrected chi connectivity index (χ0v) is 18.9. The highest BCUT2D eigenvalue weighted by Crippen LogP contribution is 2.34. The summed E-state index contributed by atoms with van der Waals surface area (Å²) in [6.07, 6.45) is 2.81. The first-order chi connectivity index (χ1) is 14.9. The fourth-order valence-electron chi connectivity index (χ4n) is 3.75. The summed E-state index contributed by atoms with van der Waals surface area (Å²) in [5, 5.41) is 2.02. The Morgan fingerprint density at radius 2 is 2.19 bits per heavy atom. The smallest absolute Gasteiger partial charge is 0.242 e. The number of rotatable bonds is 9. The molecule has 1 aliphatic heterocycles. The van der Waals surface area contributed by atoms with Crippen LogP contribution in [0.4, 0.5) is 4.39 Å². The van der Waals surface area contributed by atoms with Crippen molar-refractivity contribution in [3.63, 3.8) is 0 Å². The first-order valence-corrected chi connectivity index (χ1v) is 11.4. The summed E-state index contributed by atoms with van der Waals surface area (Å²) >= 11 is 1.67. The molecule has 0 saturated heterocycles. The van der Waals surface area contributed by atoms with Gasteiger partial charge in [0.2, 0.25) is 11.8 Å². The molecular weight excluding hydrogens is 415 g/mol. The lowest BCUT2D eigenvalue weighted by Crippen LogP contribution is -2.48. The number of carbonyl (C=O) groups is 2. The Bertz CT molecular complexity index is 927. The maximum absolute atomic E-state index is 13.5. The van der Waals surface area contributed by atoms with E-state index in [4.69, 9.17) is 4.74 Å². The predicted molar refractivity (Wildman–Crippen MR) is 121 cm³/mol. The van der Waals surface area contributed by atoms with Crippen LogP contribution in [0.5, 0.6) is 5.75 Å². The molecule has 0 fully saturated rings. The zero-order valence-electron chi connectivity index (χ0n) is 18.1. The molecule has 0 unspecified atom stereocenters. The summed E-state index contributed by atoms with van der Waals surface area (Å²) in [7, 11) is 0. The fraction of sp³-hybridized carbons (Fsp3) is 0.417. The van der Waals surface area contributed by atoms with E-state index in [0.717, 1.165) is 12.0 Å². The molecule has 2 heterocycles. The van der Waals surface area contributed by atoms with E-state index in [0.29, 0.717) is 25.3 Å². The number of benzene rings is 1. The van der Waals surface area contributed by atoms with Gasteiger partial charge in [-0.1, -0.05) is 26.0 Å². The summed E-state index contributed by atoms with van der Waals surface area (Å²) in [4.78, 5) is 30.4. The SMILES string of the molecule is C=CCN(CC(=O)N1CCc2sccc2[C@H]1COc1cccc(F)c1)C(=O)CC(C)C. The van der Waals surface area contributed by atoms with Crippen LogP contribution in [0, 0.1) is 11.7 Å². The highest BCUT2D eigenvalue weighted by atomic mass is 32.1. The first-order valence-electron chi connectivity index (χ1n) is 10.5. The Morgan fingerprint density at radius 1 is 1.39 bits per heavy atom. The van der Waals surface area contributed by atoms with E-state index in [1.807, 2.05) is 25.3 Å². The van der Waals surface area contributed by atoms with Gasteiger partial charge in [0.1, 0.15) is 24.7 Å². The zero-order chi connectivity index (χ0) is 22.4. The van der Waals surface area contributed by atoms with Gasteiger partial charge in [0.15, 0.2) is 0 Å². The van der Waals surface area contributed by atoms with Crippen LogP contribution in [0.3, 0.4) is 0 Å². The lowest BCUT2D eigenvalue weighted by Gasteiger charge is -2.37. The van der Waals surface area contributed by atoms with Gasteiger partial charge in [0, 0.05) is 30.5 Å². The maximum Gasteiger partial charge on any atom is 0.242 e. The quantitative estimate of drug-likeness (QED) is 0.537. The van der Waals surface area contributed by atoms with Crippen molar-refractivity contribution in [1.29, 1.82) is 0 Å². The minimum absolute atomic E-state index is 0.00745. The number of amides is 2. The molecule has 0 N–H and O–H groups in total. The molecule has 31 heavy (non-hydrogen) atoms. The molecule has 5 nitrogen and oxygen atoms in total. The van der Waals surface area contributed by atoms with Crippen molar-refractivity contribution in [1.82, 2.24) is 9.80 Å². The van der Waals surface area contributed by atoms with E-state index in [-0.39, 0.29) is 42.7 Å². The van der Waals surface area contributed by atoms with Gasteiger partial charge in [0.25, 0.3) is 0 Å². The van der Waals surface area contributed by atoms with Gasteiger partial charge in [0.05, 0.1) is 6.04 Å². The Labute approximate surface area is 187 Å². The van der Waals surface area contributed by atoms with Crippen molar-refractivity contribution < 1.29 is 18.7 Å². The van der Waals surface area contributed by atoms with Crippen LogP contribution in [0.25, 0.3) is 0 Å². The number of thiophene rings is 1. The van der Waals surface area contributed by atoms with Crippen LogP contribution in [0.1, 0.15) is 36.8 Å². The van der Waals surface area contributed by atoms with Crippen molar-refractivity contribution in [3.8, 4) is 5.75 Å². The van der Waals surface area contributed by atoms with E-state index in [1.54, 1.807) is 39.3 Å². The van der Waals surface area contributed by atoms with E-state index >= 15 is 0 Å². The van der Waals surface area contributed by atoms with E-state index in [1.165, 1.54) is 17.0 Å². The standard InChI is InChI=1S/C24H29FN2O3S/c1-4-10-26(23(28)13-17(2)3)15-24(29)27-11-8-22-20(9-12-31-22)21(27)16-30-19-7-5-6-18(25)14-19/h4-7,9,12,14,17,21H,1,8,10-11,13,15-16H2,2-3H3/t21-/m1/s1. The molecule has 1 aromatic heterocycles. The highest BCUT2D eigenvalue weighted by Gasteiger charge is 2.33. The Kier molecular flexibility index (Phi) is 7.85. The minimum atomic E-state index is -0.367. The lowest BCUT2D eigenvalue weighted by atomic mass is 10.0. The number of hydrogen-bond donors (Lipinski definition) is 0. The average Bonchev–Trinajstić information content (AvgIpc) is 3.20. The molecule has 1 aliphatic rings. The Hall–Kier alpha value is -2.67. The third-order valence-corrected chi connectivity index (χ3v) is 6.23. The van der Waals surface area contributed by atoms with Gasteiger partial charge in [-0.15, -0.1) is 17.9 Å². The fourth-order valence-corrected chi connectivity index (χ4v) is 4.68. The van der Waals surface area contributed by atoms with Crippen molar-refractivity contribution in [3.05, 3.63) is 64.6 Å². The third kappa shape index (κ3) is 5.94. The van der Waals surface area contributed by atoms with Gasteiger partial charge >= 0.3 is 0 Å². The summed E-state index contributed by atoms with van der Waals surface area (Å²) in [6.45, 7) is 8.80. The molecule has 1 atom stereocenters. The Morgan fingerprint density at radius 3 is 2.90 bits per heavy atom. The molecular formula is C24H29FN2O3S. The molecule has 2 aromatic rings. The number of nitrogens with zero attached hydrogens (tertiary/aromatic N) is 2. The first kappa shape index (κ1) is 23.0. The normalized spacial score (nSPS) is 15.5. The monoisotopic (exact) mass is 444 g/mol. The molecule has 7 heteroatoms. The largest absolute Gasteiger partial charge is 0.491 e. The summed E-state index contributed by atoms with van der Waals surface area (Å²) < 4.78 is 19.4. The molecule has 0 bridgehead atoms. The summed E-state index contributed by atoms with van der Waals surface area (Å²) in [6, 6.07) is 7.73. The molecule has 0 radical (unpaired) electrons. The van der Waals surface area contributed by atoms with Crippen LogP contribution in [0.2, 0.25) is 0 Å². The highest BCUT2D eigenvalue weighted by molar-refractivity contribution is 7.10. The Balaban J connectivity index is 1.76. The minimum Gasteiger partial charge on any atom is -0.491 e. The van der Waals surface area contributed by atoms with Crippen molar-refractivity contribution in [2.24, 2.45) is 5.92 Å². The third-order valence-electron chi connectivity index (χ3n) is 5.23. The summed E-state index contributed by atoms with van der Waals surface area (Å²) in [5.74, 6) is 0.0996. The second kappa shape index (κ2) is 10.6. The van der Waals surface area contributed by atoms with Gasteiger partial charge < -0.3 is 14.5 Å². The molecule has 2 amide bonds. The van der Waals surface area contributed by atoms with Gasteiger partial charge in [-0.05, 0) is 41.5 Å². The maximum atomic E-state index is 13.5. The van der Waals surface area contributed by atoms with Crippen LogP contribution in [0.15, 0.2) is 48.4 Å². The van der Waals surface area contributed by atoms with Crippen LogP contribution >= 0.6 is 11.3 Å². The number of fused-ring (bicyclic) bond motifs is 1. The van der Waals surface area contributed by atoms with E-state index < -0.39 is 0 Å². The summed E-state index contributed by atoms with van der Waals surface area (Å²) in [5.41, 5.74) is 1.06. The van der Waals surface area contributed by atoms with Gasteiger partial charge in [-0.3, -0.25) is 9.59 Å². The molecule has 3 rings (SSSR count). The molecule has 0 aliphatic carbocycles. The second-order valence-electron chi connectivity index (χ2n) is 8.08. The molecule has 0 spiro atoms.